The molecule has 1 heterocycles. The predicted octanol–water partition coefficient (Wildman–Crippen LogP) is 11.5. The fourth-order valence-corrected chi connectivity index (χ4v) is 6.26. The lowest BCUT2D eigenvalue weighted by Crippen LogP contribution is -2.14. The van der Waals surface area contributed by atoms with Crippen molar-refractivity contribution in [2.45, 2.75) is 6.92 Å². The molecule has 49 heavy (non-hydrogen) atoms. The van der Waals surface area contributed by atoms with Crippen LogP contribution in [0.3, 0.4) is 0 Å². The number of rotatable bonds is 6. The largest absolute Gasteiger partial charge is 0.232 e. The molecule has 0 fully saturated rings. The van der Waals surface area contributed by atoms with Crippen molar-refractivity contribution in [1.29, 1.82) is 0 Å². The van der Waals surface area contributed by atoms with Crippen LogP contribution in [0.5, 0.6) is 0 Å². The van der Waals surface area contributed by atoms with E-state index in [9.17, 15) is 0 Å². The Morgan fingerprint density at radius 1 is 0.571 bits per heavy atom. The van der Waals surface area contributed by atoms with Gasteiger partial charge in [0.15, 0.2) is 11.7 Å². The van der Waals surface area contributed by atoms with E-state index in [0.29, 0.717) is 11.7 Å². The quantitative estimate of drug-likeness (QED) is 0.100. The van der Waals surface area contributed by atoms with Crippen LogP contribution in [-0.4, -0.2) is 17.4 Å². The molecule has 0 atom stereocenters. The zero-order valence-electron chi connectivity index (χ0n) is 27.0. The average molecular weight is 626 g/mol. The fraction of sp³-hybridized carbons (Fsp3) is 0.0217. The summed E-state index contributed by atoms with van der Waals surface area (Å²) in [5.74, 6) is 1.26. The molecule has 0 unspecified atom stereocenters. The van der Waals surface area contributed by atoms with Crippen molar-refractivity contribution in [2.75, 3.05) is 0 Å². The van der Waals surface area contributed by atoms with E-state index >= 15 is 0 Å². The number of hydrogen-bond acceptors (Lipinski definition) is 2. The maximum absolute atomic E-state index is 5.25. The molecule has 0 bridgehead atoms. The lowest BCUT2D eigenvalue weighted by atomic mass is 9.92. The Morgan fingerprint density at radius 2 is 1.14 bits per heavy atom. The molecule has 0 saturated heterocycles. The van der Waals surface area contributed by atoms with Crippen LogP contribution in [0.1, 0.15) is 18.1 Å². The fourth-order valence-electron chi connectivity index (χ4n) is 6.26. The van der Waals surface area contributed by atoms with Gasteiger partial charge in [-0.15, -0.1) is 0 Å². The Balaban J connectivity index is 1.25. The van der Waals surface area contributed by atoms with Gasteiger partial charge in [-0.2, -0.15) is 0 Å². The molecule has 0 aromatic heterocycles. The van der Waals surface area contributed by atoms with Crippen LogP contribution < -0.4 is 0 Å². The SMILES string of the molecule is C/C(=N\C(=N/C1=Nc2cccc(-c3cccc(-c4ccccc4)c3)c21)c1ccccc1-c1cccc(-c2ccccc2)c1)C1=C=C=CC=C1. The van der Waals surface area contributed by atoms with Crippen molar-refractivity contribution in [2.24, 2.45) is 15.0 Å². The highest BCUT2D eigenvalue weighted by Gasteiger charge is 2.25. The molecule has 6 aromatic carbocycles. The third kappa shape index (κ3) is 6.12. The summed E-state index contributed by atoms with van der Waals surface area (Å²) in [5, 5.41) is 0. The van der Waals surface area contributed by atoms with Crippen molar-refractivity contribution in [3.63, 3.8) is 0 Å². The van der Waals surface area contributed by atoms with Gasteiger partial charge in [0.05, 0.1) is 17.0 Å². The molecule has 0 N–H and O–H groups in total. The molecule has 2 aliphatic rings. The number of benzene rings is 6. The van der Waals surface area contributed by atoms with E-state index in [2.05, 4.69) is 139 Å². The number of hydrogen-bond donors (Lipinski definition) is 0. The van der Waals surface area contributed by atoms with E-state index in [-0.39, 0.29) is 0 Å². The van der Waals surface area contributed by atoms with Gasteiger partial charge in [-0.1, -0.05) is 151 Å². The molecule has 0 spiro atoms. The van der Waals surface area contributed by atoms with E-state index < -0.39 is 0 Å². The van der Waals surface area contributed by atoms with Crippen molar-refractivity contribution in [3.8, 4) is 44.5 Å². The number of fused-ring (bicyclic) bond motifs is 1. The Bertz CT molecular complexity index is 2450. The van der Waals surface area contributed by atoms with Crippen molar-refractivity contribution >= 4 is 23.1 Å². The predicted molar refractivity (Wildman–Crippen MR) is 205 cm³/mol. The highest BCUT2D eigenvalue weighted by Crippen LogP contribution is 2.40. The van der Waals surface area contributed by atoms with E-state index in [1.165, 1.54) is 16.7 Å². The van der Waals surface area contributed by atoms with Crippen LogP contribution in [0.2, 0.25) is 0 Å². The molecular formula is C46H31N3. The minimum atomic E-state index is 0.590. The van der Waals surface area contributed by atoms with E-state index in [0.717, 1.165) is 55.9 Å². The molecule has 1 aliphatic carbocycles. The standard InChI is InChI=1S/C46H31N3/c1-32(33-16-5-2-6-17-33)47-45(42-27-12-11-26-40(42)38-24-13-22-36(30-38)34-18-7-3-8-19-34)49-46-44-41(28-15-29-43(44)48-46)39-25-14-23-37(31-39)35-20-9-4-10-21-35/h2-5,7-16,18-31H,1H3/b47-32+,49-45-. The summed E-state index contributed by atoms with van der Waals surface area (Å²) < 4.78 is 0. The summed E-state index contributed by atoms with van der Waals surface area (Å²) in [4.78, 5) is 15.3. The molecule has 0 amide bonds. The molecule has 3 heteroatoms. The summed E-state index contributed by atoms with van der Waals surface area (Å²) >= 11 is 0. The number of aliphatic imine (C=N–C) groups is 3. The lowest BCUT2D eigenvalue weighted by molar-refractivity contribution is 1.34. The Hall–Kier alpha value is -6.63. The Labute approximate surface area is 286 Å². The number of allylic oxidation sites excluding steroid dienone is 4. The van der Waals surface area contributed by atoms with Gasteiger partial charge in [-0.3, -0.25) is 0 Å². The second kappa shape index (κ2) is 13.2. The van der Waals surface area contributed by atoms with Crippen LogP contribution >= 0.6 is 0 Å². The van der Waals surface area contributed by atoms with Crippen LogP contribution in [0.15, 0.2) is 202 Å². The smallest absolute Gasteiger partial charge is 0.165 e. The summed E-state index contributed by atoms with van der Waals surface area (Å²) in [6.45, 7) is 1.99. The van der Waals surface area contributed by atoms with Gasteiger partial charge >= 0.3 is 0 Å². The van der Waals surface area contributed by atoms with Crippen molar-refractivity contribution < 1.29 is 0 Å². The molecular weight excluding hydrogens is 595 g/mol. The van der Waals surface area contributed by atoms with E-state index in [1.807, 2.05) is 49.4 Å². The molecule has 230 valence electrons. The van der Waals surface area contributed by atoms with E-state index in [1.54, 1.807) is 0 Å². The normalized spacial score (nSPS) is 13.4. The lowest BCUT2D eigenvalue weighted by Gasteiger charge is -2.21. The first-order valence-corrected chi connectivity index (χ1v) is 16.4. The molecule has 3 nitrogen and oxygen atoms in total. The van der Waals surface area contributed by atoms with Crippen LogP contribution in [0.4, 0.5) is 5.69 Å². The number of nitrogens with zero attached hydrogens (tertiary/aromatic N) is 3. The minimum absolute atomic E-state index is 0.590. The van der Waals surface area contributed by atoms with Crippen LogP contribution in [-0.2, 0) is 0 Å². The maximum atomic E-state index is 5.25. The van der Waals surface area contributed by atoms with Gasteiger partial charge in [-0.25, -0.2) is 15.0 Å². The molecule has 1 aliphatic heterocycles. The summed E-state index contributed by atoms with van der Waals surface area (Å²) in [7, 11) is 0. The first-order chi connectivity index (χ1) is 24.2. The second-order valence-corrected chi connectivity index (χ2v) is 11.9. The van der Waals surface area contributed by atoms with E-state index in [4.69, 9.17) is 15.0 Å². The summed E-state index contributed by atoms with van der Waals surface area (Å²) in [6, 6.07) is 52.8. The van der Waals surface area contributed by atoms with Gasteiger partial charge < -0.3 is 0 Å². The zero-order chi connectivity index (χ0) is 33.0. The van der Waals surface area contributed by atoms with Crippen LogP contribution in [0, 0.1) is 0 Å². The van der Waals surface area contributed by atoms with Gasteiger partial charge in [0.1, 0.15) is 0 Å². The first kappa shape index (κ1) is 29.8. The maximum Gasteiger partial charge on any atom is 0.165 e. The Morgan fingerprint density at radius 3 is 1.82 bits per heavy atom. The van der Waals surface area contributed by atoms with Crippen molar-refractivity contribution in [1.82, 2.24) is 0 Å². The topological polar surface area (TPSA) is 37.1 Å². The number of amidine groups is 2. The first-order valence-electron chi connectivity index (χ1n) is 16.4. The summed E-state index contributed by atoms with van der Waals surface area (Å²) in [5.41, 5.74) is 19.8. The molecule has 6 aromatic rings. The van der Waals surface area contributed by atoms with Gasteiger partial charge in [0, 0.05) is 11.1 Å². The molecule has 8 rings (SSSR count). The van der Waals surface area contributed by atoms with Gasteiger partial charge in [-0.05, 0) is 81.8 Å². The summed E-state index contributed by atoms with van der Waals surface area (Å²) in [6.07, 6.45) is 5.79. The van der Waals surface area contributed by atoms with Crippen molar-refractivity contribution in [3.05, 3.63) is 198 Å². The minimum Gasteiger partial charge on any atom is -0.232 e. The third-order valence-corrected chi connectivity index (χ3v) is 8.75. The monoisotopic (exact) mass is 625 g/mol. The van der Waals surface area contributed by atoms with Gasteiger partial charge in [0.25, 0.3) is 0 Å². The second-order valence-electron chi connectivity index (χ2n) is 11.9. The third-order valence-electron chi connectivity index (χ3n) is 8.75. The molecule has 0 saturated carbocycles. The molecule has 0 radical (unpaired) electrons. The Kier molecular flexibility index (Phi) is 8.04. The highest BCUT2D eigenvalue weighted by molar-refractivity contribution is 6.24. The zero-order valence-corrected chi connectivity index (χ0v) is 27.0. The average Bonchev–Trinajstić information content (AvgIpc) is 3.17. The van der Waals surface area contributed by atoms with Gasteiger partial charge in [0.2, 0.25) is 0 Å². The highest BCUT2D eigenvalue weighted by atomic mass is 15.0. The van der Waals surface area contributed by atoms with Crippen LogP contribution in [0.25, 0.3) is 44.5 Å².